The van der Waals surface area contributed by atoms with Gasteiger partial charge in [0.2, 0.25) is 0 Å². The number of nitrogens with zero attached hydrogens (tertiary/aromatic N) is 1. The standard InChI is InChI=1S/C12H20N2O3S2/c1-2-10-14(9(7-19-10)11(15)16)12(17)13-6-8-4-3-5-18-8/h8-10H,2-7H2,1H3,(H,13,17)(H,15,16). The predicted octanol–water partition coefficient (Wildman–Crippen LogP) is 1.83. The first-order chi connectivity index (χ1) is 9.13. The molecule has 0 aromatic carbocycles. The number of rotatable bonds is 4. The average molecular weight is 304 g/mol. The fourth-order valence-electron chi connectivity index (χ4n) is 2.44. The van der Waals surface area contributed by atoms with E-state index in [1.165, 1.54) is 11.3 Å². The first-order valence-corrected chi connectivity index (χ1v) is 8.75. The maximum atomic E-state index is 12.2. The Morgan fingerprint density at radius 3 is 2.79 bits per heavy atom. The van der Waals surface area contributed by atoms with E-state index < -0.39 is 12.0 Å². The van der Waals surface area contributed by atoms with E-state index in [2.05, 4.69) is 5.32 Å². The summed E-state index contributed by atoms with van der Waals surface area (Å²) < 4.78 is 0. The molecule has 0 aromatic rings. The van der Waals surface area contributed by atoms with E-state index in [0.29, 0.717) is 17.5 Å². The lowest BCUT2D eigenvalue weighted by atomic mass is 10.2. The van der Waals surface area contributed by atoms with Crippen LogP contribution in [0.25, 0.3) is 0 Å². The summed E-state index contributed by atoms with van der Waals surface area (Å²) in [5, 5.41) is 12.6. The van der Waals surface area contributed by atoms with Gasteiger partial charge in [-0.2, -0.15) is 11.8 Å². The summed E-state index contributed by atoms with van der Waals surface area (Å²) >= 11 is 3.44. The summed E-state index contributed by atoms with van der Waals surface area (Å²) in [5.74, 6) is 0.739. The Morgan fingerprint density at radius 1 is 1.42 bits per heavy atom. The van der Waals surface area contributed by atoms with Gasteiger partial charge in [0.25, 0.3) is 0 Å². The lowest BCUT2D eigenvalue weighted by Crippen LogP contribution is -2.51. The Morgan fingerprint density at radius 2 is 2.21 bits per heavy atom. The van der Waals surface area contributed by atoms with Crippen LogP contribution in [-0.4, -0.2) is 56.7 Å². The average Bonchev–Trinajstić information content (AvgIpc) is 3.04. The number of carbonyl (C=O) groups is 2. The molecule has 108 valence electrons. The maximum Gasteiger partial charge on any atom is 0.327 e. The Balaban J connectivity index is 1.91. The molecule has 3 atom stereocenters. The lowest BCUT2D eigenvalue weighted by molar-refractivity contribution is -0.141. The minimum Gasteiger partial charge on any atom is -0.480 e. The monoisotopic (exact) mass is 304 g/mol. The van der Waals surface area contributed by atoms with Crippen molar-refractivity contribution in [3.8, 4) is 0 Å². The highest BCUT2D eigenvalue weighted by Crippen LogP contribution is 2.31. The van der Waals surface area contributed by atoms with Gasteiger partial charge in [-0.15, -0.1) is 11.8 Å². The minimum absolute atomic E-state index is 0.0164. The van der Waals surface area contributed by atoms with Crippen LogP contribution in [0, 0.1) is 0 Å². The third kappa shape index (κ3) is 3.51. The second-order valence-electron chi connectivity index (χ2n) is 4.78. The summed E-state index contributed by atoms with van der Waals surface area (Å²) in [6.07, 6.45) is 3.12. The van der Waals surface area contributed by atoms with Crippen LogP contribution in [-0.2, 0) is 4.79 Å². The number of carboxylic acid groups (broad SMARTS) is 1. The molecule has 2 fully saturated rings. The van der Waals surface area contributed by atoms with E-state index in [0.717, 1.165) is 18.6 Å². The van der Waals surface area contributed by atoms with Crippen molar-refractivity contribution in [2.75, 3.05) is 18.1 Å². The van der Waals surface area contributed by atoms with Gasteiger partial charge in [-0.1, -0.05) is 6.92 Å². The third-order valence-electron chi connectivity index (χ3n) is 3.47. The van der Waals surface area contributed by atoms with Crippen LogP contribution in [0.2, 0.25) is 0 Å². The Labute approximate surface area is 121 Å². The number of urea groups is 1. The van der Waals surface area contributed by atoms with Gasteiger partial charge >= 0.3 is 12.0 Å². The second-order valence-corrected chi connectivity index (χ2v) is 7.40. The van der Waals surface area contributed by atoms with Crippen LogP contribution < -0.4 is 5.32 Å². The smallest absolute Gasteiger partial charge is 0.327 e. The van der Waals surface area contributed by atoms with Gasteiger partial charge in [0.1, 0.15) is 6.04 Å². The van der Waals surface area contributed by atoms with E-state index in [1.54, 1.807) is 11.8 Å². The van der Waals surface area contributed by atoms with E-state index in [9.17, 15) is 14.7 Å². The number of hydrogen-bond donors (Lipinski definition) is 2. The zero-order valence-electron chi connectivity index (χ0n) is 11.0. The van der Waals surface area contributed by atoms with Gasteiger partial charge in [-0.05, 0) is 25.0 Å². The topological polar surface area (TPSA) is 69.6 Å². The van der Waals surface area contributed by atoms with Crippen molar-refractivity contribution < 1.29 is 14.7 Å². The summed E-state index contributed by atoms with van der Waals surface area (Å²) in [5.41, 5.74) is 0. The molecular formula is C12H20N2O3S2. The molecule has 2 rings (SSSR count). The van der Waals surface area contributed by atoms with E-state index in [4.69, 9.17) is 0 Å². The highest BCUT2D eigenvalue weighted by Gasteiger charge is 2.40. The fourth-order valence-corrected chi connectivity index (χ4v) is 4.99. The number of hydrogen-bond acceptors (Lipinski definition) is 4. The second kappa shape index (κ2) is 6.74. The normalized spacial score (nSPS) is 30.6. The third-order valence-corrected chi connectivity index (χ3v) is 6.32. The molecule has 2 heterocycles. The Kier molecular flexibility index (Phi) is 5.27. The SMILES string of the molecule is CCC1SCC(C(=O)O)N1C(=O)NCC1CCCS1. The van der Waals surface area contributed by atoms with Gasteiger partial charge < -0.3 is 10.4 Å². The quantitative estimate of drug-likeness (QED) is 0.829. The summed E-state index contributed by atoms with van der Waals surface area (Å²) in [6, 6.07) is -0.914. The van der Waals surface area contributed by atoms with Crippen LogP contribution in [0.4, 0.5) is 4.79 Å². The molecule has 7 heteroatoms. The van der Waals surface area contributed by atoms with Crippen LogP contribution >= 0.6 is 23.5 Å². The van der Waals surface area contributed by atoms with Gasteiger partial charge in [0.05, 0.1) is 5.37 Å². The van der Waals surface area contributed by atoms with Gasteiger partial charge in [0.15, 0.2) is 0 Å². The minimum atomic E-state index is -0.908. The van der Waals surface area contributed by atoms with Gasteiger partial charge in [0, 0.05) is 17.5 Å². The Bertz CT molecular complexity index is 348. The summed E-state index contributed by atoms with van der Waals surface area (Å²) in [7, 11) is 0. The molecule has 0 aliphatic carbocycles. The highest BCUT2D eigenvalue weighted by molar-refractivity contribution is 8.00. The first kappa shape index (κ1) is 14.8. The predicted molar refractivity (Wildman–Crippen MR) is 78.7 cm³/mol. The maximum absolute atomic E-state index is 12.2. The van der Waals surface area contributed by atoms with Gasteiger partial charge in [-0.3, -0.25) is 4.90 Å². The van der Waals surface area contributed by atoms with Crippen LogP contribution in [0.1, 0.15) is 26.2 Å². The zero-order chi connectivity index (χ0) is 13.8. The van der Waals surface area contributed by atoms with Crippen molar-refractivity contribution in [3.63, 3.8) is 0 Å². The molecular weight excluding hydrogens is 284 g/mol. The molecule has 3 unspecified atom stereocenters. The van der Waals surface area contributed by atoms with E-state index >= 15 is 0 Å². The zero-order valence-corrected chi connectivity index (χ0v) is 12.6. The molecule has 5 nitrogen and oxygen atoms in total. The molecule has 0 aromatic heterocycles. The first-order valence-electron chi connectivity index (χ1n) is 6.65. The van der Waals surface area contributed by atoms with Crippen molar-refractivity contribution in [2.24, 2.45) is 0 Å². The van der Waals surface area contributed by atoms with Crippen LogP contribution in [0.5, 0.6) is 0 Å². The Hall–Kier alpha value is -0.560. The van der Waals surface area contributed by atoms with Gasteiger partial charge in [-0.25, -0.2) is 9.59 Å². The van der Waals surface area contributed by atoms with Crippen molar-refractivity contribution in [1.82, 2.24) is 10.2 Å². The fraction of sp³-hybridized carbons (Fsp3) is 0.833. The number of carboxylic acids is 1. The number of carbonyl (C=O) groups excluding carboxylic acids is 1. The molecule has 2 N–H and O–H groups in total. The number of amides is 2. The summed E-state index contributed by atoms with van der Waals surface area (Å²) in [6.45, 7) is 2.63. The number of nitrogens with one attached hydrogen (secondary N) is 1. The highest BCUT2D eigenvalue weighted by atomic mass is 32.2. The molecule has 2 amide bonds. The molecule has 2 aliphatic heterocycles. The van der Waals surface area contributed by atoms with Crippen molar-refractivity contribution >= 4 is 35.5 Å². The van der Waals surface area contributed by atoms with E-state index in [-0.39, 0.29) is 11.4 Å². The number of aliphatic carboxylic acids is 1. The molecule has 2 saturated heterocycles. The molecule has 2 aliphatic rings. The molecule has 0 bridgehead atoms. The van der Waals surface area contributed by atoms with Crippen LogP contribution in [0.15, 0.2) is 0 Å². The van der Waals surface area contributed by atoms with E-state index in [1.807, 2.05) is 18.7 Å². The van der Waals surface area contributed by atoms with Crippen LogP contribution in [0.3, 0.4) is 0 Å². The molecule has 19 heavy (non-hydrogen) atoms. The summed E-state index contributed by atoms with van der Waals surface area (Å²) in [4.78, 5) is 24.9. The largest absolute Gasteiger partial charge is 0.480 e. The lowest BCUT2D eigenvalue weighted by Gasteiger charge is -2.27. The molecule has 0 saturated carbocycles. The molecule has 0 spiro atoms. The van der Waals surface area contributed by atoms with Crippen molar-refractivity contribution in [3.05, 3.63) is 0 Å². The van der Waals surface area contributed by atoms with Crippen molar-refractivity contribution in [1.29, 1.82) is 0 Å². The van der Waals surface area contributed by atoms with Crippen molar-refractivity contribution in [2.45, 2.75) is 42.9 Å². The molecule has 0 radical (unpaired) electrons. The number of thioether (sulfide) groups is 2.